The Hall–Kier alpha value is -2.92. The molecule has 0 amide bonds. The number of pyridine rings is 1. The topological polar surface area (TPSA) is 39.4 Å². The van der Waals surface area contributed by atoms with E-state index in [0.29, 0.717) is 17.1 Å². The number of hydrogen-bond acceptors (Lipinski definition) is 3. The van der Waals surface area contributed by atoms with Crippen molar-refractivity contribution in [1.82, 2.24) is 0 Å². The van der Waals surface area contributed by atoms with Gasteiger partial charge in [-0.25, -0.2) is 0 Å². The van der Waals surface area contributed by atoms with Crippen LogP contribution in [0.2, 0.25) is 0 Å². The third-order valence-corrected chi connectivity index (χ3v) is 5.18. The van der Waals surface area contributed by atoms with Crippen LogP contribution in [0, 0.1) is 6.92 Å². The smallest absolute Gasteiger partial charge is 0.227 e. The van der Waals surface area contributed by atoms with E-state index in [0.717, 1.165) is 21.3 Å². The van der Waals surface area contributed by atoms with Crippen molar-refractivity contribution >= 4 is 33.9 Å². The first-order valence-corrected chi connectivity index (χ1v) is 9.99. The van der Waals surface area contributed by atoms with Gasteiger partial charge in [0.05, 0.1) is 14.2 Å². The summed E-state index contributed by atoms with van der Waals surface area (Å²) in [6.07, 6.45) is 5.95. The lowest BCUT2D eigenvalue weighted by atomic mass is 10.1. The lowest BCUT2D eigenvalue weighted by Gasteiger charge is -2.08. The number of carbonyl (C=O) groups excluding carboxylic acids is 1. The molecule has 148 valence electrons. The number of aromatic nitrogens is 1. The minimum absolute atomic E-state index is 0.0638. The molecule has 0 aliphatic rings. The molecule has 0 bridgehead atoms. The van der Waals surface area contributed by atoms with Crippen molar-refractivity contribution in [1.29, 1.82) is 0 Å². The Labute approximate surface area is 179 Å². The van der Waals surface area contributed by atoms with E-state index in [4.69, 9.17) is 9.47 Å². The zero-order chi connectivity index (χ0) is 20.8. The summed E-state index contributed by atoms with van der Waals surface area (Å²) < 4.78 is 13.6. The molecule has 1 aromatic heterocycles. The van der Waals surface area contributed by atoms with Crippen molar-refractivity contribution < 1.29 is 18.8 Å². The Morgan fingerprint density at radius 2 is 1.72 bits per heavy atom. The number of ketones is 1. The molecule has 29 heavy (non-hydrogen) atoms. The molecule has 0 N–H and O–H groups in total. The van der Waals surface area contributed by atoms with Gasteiger partial charge in [-0.05, 0) is 48.9 Å². The van der Waals surface area contributed by atoms with E-state index in [-0.39, 0.29) is 12.3 Å². The van der Waals surface area contributed by atoms with Crippen LogP contribution in [0.4, 0.5) is 0 Å². The van der Waals surface area contributed by atoms with E-state index in [1.807, 2.05) is 84.4 Å². The fourth-order valence-corrected chi connectivity index (χ4v) is 3.33. The van der Waals surface area contributed by atoms with E-state index >= 15 is 0 Å². The highest BCUT2D eigenvalue weighted by molar-refractivity contribution is 9.10. The first kappa shape index (κ1) is 20.8. The number of methoxy groups -OCH3 is 2. The van der Waals surface area contributed by atoms with Crippen LogP contribution < -0.4 is 14.0 Å². The van der Waals surface area contributed by atoms with Gasteiger partial charge < -0.3 is 9.47 Å². The molecule has 0 spiro atoms. The highest BCUT2D eigenvalue weighted by Crippen LogP contribution is 2.28. The lowest BCUT2D eigenvalue weighted by Crippen LogP contribution is -2.41. The van der Waals surface area contributed by atoms with Crippen LogP contribution in [0.1, 0.15) is 27.2 Å². The molecule has 0 saturated carbocycles. The molecule has 1 heterocycles. The molecule has 0 atom stereocenters. The summed E-state index contributed by atoms with van der Waals surface area (Å²) in [7, 11) is 3.24. The van der Waals surface area contributed by atoms with E-state index in [2.05, 4.69) is 15.9 Å². The van der Waals surface area contributed by atoms with Gasteiger partial charge in [0.2, 0.25) is 18.0 Å². The Morgan fingerprint density at radius 3 is 2.41 bits per heavy atom. The molecule has 0 aliphatic carbocycles. The highest BCUT2D eigenvalue weighted by atomic mass is 79.9. The zero-order valence-electron chi connectivity index (χ0n) is 16.7. The number of aryl methyl sites for hydroxylation is 1. The summed E-state index contributed by atoms with van der Waals surface area (Å²) in [6, 6.07) is 17.2. The second-order valence-corrected chi connectivity index (χ2v) is 7.50. The van der Waals surface area contributed by atoms with Crippen LogP contribution in [0.3, 0.4) is 0 Å². The van der Waals surface area contributed by atoms with E-state index in [1.54, 1.807) is 14.2 Å². The number of carbonyl (C=O) groups is 1. The third-order valence-electron chi connectivity index (χ3n) is 4.65. The average molecular weight is 453 g/mol. The Kier molecular flexibility index (Phi) is 6.83. The van der Waals surface area contributed by atoms with Gasteiger partial charge in [-0.1, -0.05) is 34.1 Å². The second-order valence-electron chi connectivity index (χ2n) is 6.58. The molecular formula is C24H23BrNO3+. The molecule has 0 radical (unpaired) electrons. The van der Waals surface area contributed by atoms with Crippen LogP contribution in [-0.2, 0) is 6.54 Å². The van der Waals surface area contributed by atoms with Crippen molar-refractivity contribution in [3.63, 3.8) is 0 Å². The largest absolute Gasteiger partial charge is 0.493 e. The summed E-state index contributed by atoms with van der Waals surface area (Å²) in [6.45, 7) is 2.31. The maximum Gasteiger partial charge on any atom is 0.227 e. The molecule has 0 fully saturated rings. The van der Waals surface area contributed by atoms with Crippen LogP contribution in [0.15, 0.2) is 65.3 Å². The van der Waals surface area contributed by atoms with Gasteiger partial charge in [0.15, 0.2) is 17.7 Å². The van der Waals surface area contributed by atoms with Gasteiger partial charge in [0.1, 0.15) is 0 Å². The molecule has 3 rings (SSSR count). The molecule has 3 aromatic rings. The maximum absolute atomic E-state index is 12.7. The third kappa shape index (κ3) is 5.12. The van der Waals surface area contributed by atoms with Crippen LogP contribution in [0.25, 0.3) is 12.2 Å². The zero-order valence-corrected chi connectivity index (χ0v) is 18.3. The van der Waals surface area contributed by atoms with Gasteiger partial charge in [-0.15, -0.1) is 0 Å². The predicted octanol–water partition coefficient (Wildman–Crippen LogP) is 5.12. The number of benzene rings is 2. The van der Waals surface area contributed by atoms with Crippen LogP contribution in [0.5, 0.6) is 11.5 Å². The van der Waals surface area contributed by atoms with Crippen molar-refractivity contribution in [3.05, 3.63) is 87.7 Å². The normalized spacial score (nSPS) is 10.9. The Balaban J connectivity index is 1.87. The molecule has 2 aromatic carbocycles. The number of nitrogens with zero attached hydrogens (tertiary/aromatic N) is 1. The SMILES string of the molecule is COc1ccc(/C=C/c2c(C)ccc[n+]2CC(=O)c2ccc(Br)cc2)cc1OC. The van der Waals surface area contributed by atoms with Crippen LogP contribution in [-0.4, -0.2) is 20.0 Å². The standard InChI is InChI=1S/C24H23BrNO3/c1-17-5-4-14-26(16-22(27)19-8-10-20(25)11-9-19)21(17)12-6-18-7-13-23(28-2)24(15-18)29-3/h4-15H,16H2,1-3H3/q+1/b12-6+. The molecule has 0 unspecified atom stereocenters. The molecule has 0 aliphatic heterocycles. The fourth-order valence-electron chi connectivity index (χ4n) is 3.06. The Bertz CT molecular complexity index is 1040. The van der Waals surface area contributed by atoms with Crippen molar-refractivity contribution in [2.75, 3.05) is 14.2 Å². The van der Waals surface area contributed by atoms with Crippen molar-refractivity contribution in [2.24, 2.45) is 0 Å². The summed E-state index contributed by atoms with van der Waals surface area (Å²) in [5, 5.41) is 0. The molecule has 4 nitrogen and oxygen atoms in total. The minimum atomic E-state index is 0.0638. The summed E-state index contributed by atoms with van der Waals surface area (Å²) in [5.41, 5.74) is 3.74. The van der Waals surface area contributed by atoms with Crippen LogP contribution >= 0.6 is 15.9 Å². The average Bonchev–Trinajstić information content (AvgIpc) is 2.73. The van der Waals surface area contributed by atoms with Gasteiger partial charge >= 0.3 is 0 Å². The summed E-state index contributed by atoms with van der Waals surface area (Å²) in [5.74, 6) is 1.43. The molecular weight excluding hydrogens is 430 g/mol. The van der Waals surface area contributed by atoms with Gasteiger partial charge in [-0.3, -0.25) is 4.79 Å². The maximum atomic E-state index is 12.7. The van der Waals surface area contributed by atoms with Crippen molar-refractivity contribution in [2.45, 2.75) is 13.5 Å². The fraction of sp³-hybridized carbons (Fsp3) is 0.167. The number of halogens is 1. The minimum Gasteiger partial charge on any atom is -0.493 e. The number of Topliss-reactive ketones (excluding diaryl/α,β-unsaturated/α-hetero) is 1. The van der Waals surface area contributed by atoms with E-state index < -0.39 is 0 Å². The number of rotatable bonds is 7. The summed E-state index contributed by atoms with van der Waals surface area (Å²) in [4.78, 5) is 12.7. The molecule has 5 heteroatoms. The Morgan fingerprint density at radius 1 is 1.00 bits per heavy atom. The predicted molar refractivity (Wildman–Crippen MR) is 118 cm³/mol. The van der Waals surface area contributed by atoms with Crippen molar-refractivity contribution in [3.8, 4) is 11.5 Å². The lowest BCUT2D eigenvalue weighted by molar-refractivity contribution is -0.685. The number of ether oxygens (including phenoxy) is 2. The second kappa shape index (κ2) is 9.52. The number of hydrogen-bond donors (Lipinski definition) is 0. The highest BCUT2D eigenvalue weighted by Gasteiger charge is 2.17. The van der Waals surface area contributed by atoms with Gasteiger partial charge in [0, 0.05) is 27.7 Å². The van der Waals surface area contributed by atoms with Gasteiger partial charge in [0.25, 0.3) is 0 Å². The van der Waals surface area contributed by atoms with E-state index in [9.17, 15) is 4.79 Å². The summed E-state index contributed by atoms with van der Waals surface area (Å²) >= 11 is 3.40. The molecule has 0 saturated heterocycles. The monoisotopic (exact) mass is 452 g/mol. The van der Waals surface area contributed by atoms with E-state index in [1.165, 1.54) is 0 Å². The first-order chi connectivity index (χ1) is 14.0. The quantitative estimate of drug-likeness (QED) is 0.369. The van der Waals surface area contributed by atoms with Gasteiger partial charge in [-0.2, -0.15) is 4.57 Å². The first-order valence-electron chi connectivity index (χ1n) is 9.19.